The van der Waals surface area contributed by atoms with Crippen LogP contribution in [0.1, 0.15) is 39.5 Å². The molecule has 0 spiro atoms. The smallest absolute Gasteiger partial charge is 0.187 e. The maximum Gasteiger partial charge on any atom is 0.187 e. The van der Waals surface area contributed by atoms with Crippen LogP contribution in [0.2, 0.25) is 0 Å². The van der Waals surface area contributed by atoms with E-state index in [2.05, 4.69) is 0 Å². The van der Waals surface area contributed by atoms with Crippen molar-refractivity contribution in [1.82, 2.24) is 0 Å². The molecule has 0 aromatic heterocycles. The molecular formula is C14H24O6. The zero-order chi connectivity index (χ0) is 14.6. The van der Waals surface area contributed by atoms with Crippen LogP contribution in [-0.2, 0) is 18.9 Å². The first-order valence-corrected chi connectivity index (χ1v) is 7.27. The highest BCUT2D eigenvalue weighted by Crippen LogP contribution is 2.52. The number of fused-ring (bicyclic) bond motifs is 3. The summed E-state index contributed by atoms with van der Waals surface area (Å²) in [6, 6.07) is 0. The molecule has 2 heterocycles. The highest BCUT2D eigenvalue weighted by molar-refractivity contribution is 5.15. The fourth-order valence-electron chi connectivity index (χ4n) is 3.89. The molecule has 20 heavy (non-hydrogen) atoms. The van der Waals surface area contributed by atoms with Crippen molar-refractivity contribution in [3.05, 3.63) is 0 Å². The van der Waals surface area contributed by atoms with Crippen LogP contribution in [-0.4, -0.2) is 59.4 Å². The molecule has 5 atom stereocenters. The summed E-state index contributed by atoms with van der Waals surface area (Å²) in [5, 5.41) is 21.1. The summed E-state index contributed by atoms with van der Waals surface area (Å²) in [6.45, 7) is 3.37. The number of rotatable bonds is 2. The van der Waals surface area contributed by atoms with E-state index < -0.39 is 35.5 Å². The maximum absolute atomic E-state index is 11.2. The predicted molar refractivity (Wildman–Crippen MR) is 68.9 cm³/mol. The van der Waals surface area contributed by atoms with Gasteiger partial charge in [0.2, 0.25) is 0 Å². The van der Waals surface area contributed by atoms with Crippen LogP contribution in [0.25, 0.3) is 0 Å². The third-order valence-electron chi connectivity index (χ3n) is 4.87. The Kier molecular flexibility index (Phi) is 3.40. The number of aliphatic hydroxyl groups is 2. The SMILES string of the molecule is CO[C@@H]1O[C@@]2(CO)CCCC[C@@]2(O)[C@H]2OC(C)(C)O[C@@H]12. The van der Waals surface area contributed by atoms with Crippen LogP contribution in [0.5, 0.6) is 0 Å². The quantitative estimate of drug-likeness (QED) is 0.772. The Hall–Kier alpha value is -0.240. The summed E-state index contributed by atoms with van der Waals surface area (Å²) in [4.78, 5) is 0. The van der Waals surface area contributed by atoms with E-state index in [1.54, 1.807) is 0 Å². The number of hydrogen-bond donors (Lipinski definition) is 2. The van der Waals surface area contributed by atoms with Crippen LogP contribution in [0.3, 0.4) is 0 Å². The lowest BCUT2D eigenvalue weighted by atomic mass is 9.66. The van der Waals surface area contributed by atoms with Gasteiger partial charge in [-0.1, -0.05) is 12.8 Å². The molecule has 0 bridgehead atoms. The molecule has 1 aliphatic carbocycles. The lowest BCUT2D eigenvalue weighted by molar-refractivity contribution is -0.356. The van der Waals surface area contributed by atoms with E-state index >= 15 is 0 Å². The molecule has 0 aromatic carbocycles. The third kappa shape index (κ3) is 1.86. The Morgan fingerprint density at radius 1 is 1.15 bits per heavy atom. The van der Waals surface area contributed by atoms with Crippen LogP contribution in [0.15, 0.2) is 0 Å². The van der Waals surface area contributed by atoms with Gasteiger partial charge in [-0.2, -0.15) is 0 Å². The van der Waals surface area contributed by atoms with Crippen molar-refractivity contribution < 1.29 is 29.2 Å². The highest BCUT2D eigenvalue weighted by atomic mass is 16.8. The van der Waals surface area contributed by atoms with E-state index in [0.29, 0.717) is 12.8 Å². The fourth-order valence-corrected chi connectivity index (χ4v) is 3.89. The Bertz CT molecular complexity index is 386. The summed E-state index contributed by atoms with van der Waals surface area (Å²) < 4.78 is 23.1. The van der Waals surface area contributed by atoms with Crippen molar-refractivity contribution in [2.75, 3.05) is 13.7 Å². The summed E-state index contributed by atoms with van der Waals surface area (Å²) in [7, 11) is 1.54. The molecule has 0 aromatic rings. The number of hydrogen-bond acceptors (Lipinski definition) is 6. The first-order valence-electron chi connectivity index (χ1n) is 7.27. The van der Waals surface area contributed by atoms with Gasteiger partial charge in [-0.15, -0.1) is 0 Å². The molecule has 1 saturated carbocycles. The van der Waals surface area contributed by atoms with Crippen molar-refractivity contribution in [2.45, 2.75) is 75.0 Å². The van der Waals surface area contributed by atoms with E-state index in [1.165, 1.54) is 7.11 Å². The molecule has 2 aliphatic heterocycles. The largest absolute Gasteiger partial charge is 0.393 e. The van der Waals surface area contributed by atoms with Gasteiger partial charge in [0.25, 0.3) is 0 Å². The minimum absolute atomic E-state index is 0.254. The molecule has 6 nitrogen and oxygen atoms in total. The number of ether oxygens (including phenoxy) is 4. The number of aliphatic hydroxyl groups excluding tert-OH is 1. The fraction of sp³-hybridized carbons (Fsp3) is 1.00. The van der Waals surface area contributed by atoms with Crippen molar-refractivity contribution in [1.29, 1.82) is 0 Å². The number of methoxy groups -OCH3 is 1. The minimum Gasteiger partial charge on any atom is -0.393 e. The van der Waals surface area contributed by atoms with Gasteiger partial charge in [0, 0.05) is 7.11 Å². The van der Waals surface area contributed by atoms with Gasteiger partial charge in [-0.05, 0) is 26.7 Å². The molecule has 3 fully saturated rings. The maximum atomic E-state index is 11.2. The van der Waals surface area contributed by atoms with Crippen molar-refractivity contribution in [3.8, 4) is 0 Å². The molecule has 2 N–H and O–H groups in total. The van der Waals surface area contributed by atoms with Gasteiger partial charge in [0.15, 0.2) is 12.1 Å². The minimum atomic E-state index is -1.24. The molecule has 116 valence electrons. The molecule has 0 amide bonds. The summed E-state index contributed by atoms with van der Waals surface area (Å²) in [5.74, 6) is -0.797. The van der Waals surface area contributed by atoms with Gasteiger partial charge in [-0.25, -0.2) is 0 Å². The highest BCUT2D eigenvalue weighted by Gasteiger charge is 2.69. The first-order chi connectivity index (χ1) is 9.37. The van der Waals surface area contributed by atoms with Gasteiger partial charge >= 0.3 is 0 Å². The molecule has 0 unspecified atom stereocenters. The second-order valence-electron chi connectivity index (χ2n) is 6.53. The Balaban J connectivity index is 2.01. The topological polar surface area (TPSA) is 77.4 Å². The lowest BCUT2D eigenvalue weighted by Crippen LogP contribution is -2.74. The van der Waals surface area contributed by atoms with E-state index in [-0.39, 0.29) is 6.61 Å². The summed E-state index contributed by atoms with van der Waals surface area (Å²) in [6.07, 6.45) is 1.22. The van der Waals surface area contributed by atoms with Gasteiger partial charge in [0.1, 0.15) is 23.4 Å². The van der Waals surface area contributed by atoms with Crippen LogP contribution >= 0.6 is 0 Å². The van der Waals surface area contributed by atoms with Crippen LogP contribution < -0.4 is 0 Å². The van der Waals surface area contributed by atoms with E-state index in [9.17, 15) is 10.2 Å². The average Bonchev–Trinajstić information content (AvgIpc) is 2.75. The average molecular weight is 288 g/mol. The summed E-state index contributed by atoms with van der Waals surface area (Å²) in [5.41, 5.74) is -2.27. The molecule has 2 saturated heterocycles. The Morgan fingerprint density at radius 2 is 1.85 bits per heavy atom. The Morgan fingerprint density at radius 3 is 2.50 bits per heavy atom. The van der Waals surface area contributed by atoms with E-state index in [4.69, 9.17) is 18.9 Å². The van der Waals surface area contributed by atoms with Gasteiger partial charge in [-0.3, -0.25) is 0 Å². The normalized spacial score (nSPS) is 50.5. The summed E-state index contributed by atoms with van der Waals surface area (Å²) >= 11 is 0. The van der Waals surface area contributed by atoms with Crippen molar-refractivity contribution >= 4 is 0 Å². The second-order valence-corrected chi connectivity index (χ2v) is 6.53. The van der Waals surface area contributed by atoms with Gasteiger partial charge < -0.3 is 29.2 Å². The van der Waals surface area contributed by atoms with Crippen LogP contribution in [0.4, 0.5) is 0 Å². The molecule has 6 heteroatoms. The lowest BCUT2D eigenvalue weighted by Gasteiger charge is -2.57. The monoisotopic (exact) mass is 288 g/mol. The predicted octanol–water partition coefficient (Wildman–Crippen LogP) is 0.545. The van der Waals surface area contributed by atoms with Gasteiger partial charge in [0.05, 0.1) is 6.61 Å². The van der Waals surface area contributed by atoms with Crippen molar-refractivity contribution in [3.63, 3.8) is 0 Å². The molecule has 3 rings (SSSR count). The standard InChI is InChI=1S/C14H24O6/c1-12(2)18-9-10(19-12)14(16)7-5-4-6-13(14,8-15)20-11(9)17-3/h9-11,15-16H,4-8H2,1-3H3/t9-,10+,11-,13-,14-/m1/s1. The third-order valence-corrected chi connectivity index (χ3v) is 4.87. The zero-order valence-electron chi connectivity index (χ0n) is 12.3. The van der Waals surface area contributed by atoms with Crippen LogP contribution in [0, 0.1) is 0 Å². The first kappa shape index (κ1) is 14.7. The van der Waals surface area contributed by atoms with Crippen molar-refractivity contribution in [2.24, 2.45) is 0 Å². The second kappa shape index (κ2) is 4.63. The molecule has 3 aliphatic rings. The Labute approximate surface area is 119 Å². The van der Waals surface area contributed by atoms with E-state index in [0.717, 1.165) is 12.8 Å². The molecular weight excluding hydrogens is 264 g/mol. The van der Waals surface area contributed by atoms with E-state index in [1.807, 2.05) is 13.8 Å². The zero-order valence-corrected chi connectivity index (χ0v) is 12.3. The molecule has 0 radical (unpaired) electrons.